The lowest BCUT2D eigenvalue weighted by atomic mass is 10.0. The van der Waals surface area contributed by atoms with Crippen molar-refractivity contribution in [3.05, 3.63) is 29.3 Å². The number of carboxylic acid groups (broad SMARTS) is 1. The number of fused-ring (bicyclic) bond motifs is 1. The molecule has 0 aromatic heterocycles. The van der Waals surface area contributed by atoms with Gasteiger partial charge in [-0.1, -0.05) is 15.9 Å². The van der Waals surface area contributed by atoms with Gasteiger partial charge < -0.3 is 29.9 Å². The Morgan fingerprint density at radius 2 is 1.76 bits per heavy atom. The highest BCUT2D eigenvalue weighted by Crippen LogP contribution is 2.31. The van der Waals surface area contributed by atoms with Gasteiger partial charge in [0.1, 0.15) is 11.6 Å². The highest BCUT2D eigenvalue weighted by molar-refractivity contribution is 9.09. The average Bonchev–Trinajstić information content (AvgIpc) is 3.26. The number of carbonyl (C=O) groups is 5. The molecular weight excluding hydrogens is 648 g/mol. The summed E-state index contributed by atoms with van der Waals surface area (Å²) in [5.74, 6) is -0.833. The number of piperidine rings is 1. The van der Waals surface area contributed by atoms with Crippen molar-refractivity contribution in [2.24, 2.45) is 0 Å². The third-order valence-electron chi connectivity index (χ3n) is 7.69. The number of nitrogens with zero attached hydrogens (tertiary/aromatic N) is 4. The topological polar surface area (TPSA) is 152 Å². The van der Waals surface area contributed by atoms with Crippen molar-refractivity contribution < 1.29 is 33.8 Å². The molecule has 0 bridgehead atoms. The second-order valence-electron chi connectivity index (χ2n) is 13.3. The first kappa shape index (κ1) is 36.1. The van der Waals surface area contributed by atoms with Gasteiger partial charge >= 0.3 is 12.2 Å². The number of nitrogens with one attached hydrogen (secondary N) is 2. The lowest BCUT2D eigenvalue weighted by Crippen LogP contribution is -2.52. The highest BCUT2D eigenvalue weighted by atomic mass is 79.9. The normalized spacial score (nSPS) is 18.9. The molecule has 3 N–H and O–H groups in total. The van der Waals surface area contributed by atoms with E-state index in [9.17, 15) is 24.0 Å². The van der Waals surface area contributed by atoms with E-state index in [1.165, 1.54) is 4.90 Å². The standard InChI is InChI=1S/C24H33N5O5.C7H14BrNO2/c1-24(2,3)34-23(33)25-8-9-27-10-12-28(13-11-27)17-4-5-18-16(14-17)15-29(22(18)32)19-6-7-20(30)26-21(19)31;1-7(2,3)9(5-4-8)6(10)11/h4-5,14,19H,6-13,15H2,1-3H3,(H,25,33)(H,26,30,31);4-5H2,1-3H3,(H,10,11). The summed E-state index contributed by atoms with van der Waals surface area (Å²) in [6, 6.07) is 5.25. The number of rotatable bonds is 7. The van der Waals surface area contributed by atoms with Crippen LogP contribution in [0, 0.1) is 0 Å². The largest absolute Gasteiger partial charge is 0.465 e. The molecule has 0 radical (unpaired) electrons. The summed E-state index contributed by atoms with van der Waals surface area (Å²) in [7, 11) is 0. The number of hydrogen-bond donors (Lipinski definition) is 3. The van der Waals surface area contributed by atoms with E-state index in [-0.39, 0.29) is 23.8 Å². The van der Waals surface area contributed by atoms with Crippen LogP contribution in [-0.4, -0.2) is 118 Å². The fraction of sp³-hybridized carbons (Fsp3) is 0.645. The van der Waals surface area contributed by atoms with Crippen LogP contribution >= 0.6 is 15.9 Å². The zero-order chi connectivity index (χ0) is 33.5. The van der Waals surface area contributed by atoms with Crippen LogP contribution in [0.25, 0.3) is 0 Å². The monoisotopic (exact) mass is 694 g/mol. The smallest absolute Gasteiger partial charge is 0.407 e. The molecule has 0 aliphatic carbocycles. The first-order chi connectivity index (χ1) is 21.0. The lowest BCUT2D eigenvalue weighted by Gasteiger charge is -2.36. The molecule has 2 fully saturated rings. The molecule has 3 aliphatic heterocycles. The minimum Gasteiger partial charge on any atom is -0.465 e. The van der Waals surface area contributed by atoms with E-state index in [2.05, 4.69) is 36.4 Å². The third kappa shape index (κ3) is 10.3. The summed E-state index contributed by atoms with van der Waals surface area (Å²) < 4.78 is 5.26. The van der Waals surface area contributed by atoms with Gasteiger partial charge in [0.15, 0.2) is 0 Å². The molecule has 0 saturated carbocycles. The number of halogens is 1. The molecule has 1 unspecified atom stereocenters. The van der Waals surface area contributed by atoms with Crippen molar-refractivity contribution >= 4 is 51.5 Å². The molecular formula is C31H47BrN6O7. The average molecular weight is 696 g/mol. The number of amides is 5. The van der Waals surface area contributed by atoms with Gasteiger partial charge in [-0.2, -0.15) is 0 Å². The van der Waals surface area contributed by atoms with Crippen LogP contribution in [0.1, 0.15) is 70.3 Å². The van der Waals surface area contributed by atoms with E-state index in [0.29, 0.717) is 36.9 Å². The number of benzene rings is 1. The minimum atomic E-state index is -0.864. The number of anilines is 1. The first-order valence-electron chi connectivity index (χ1n) is 15.3. The quantitative estimate of drug-likeness (QED) is 0.289. The van der Waals surface area contributed by atoms with Gasteiger partial charge in [-0.25, -0.2) is 9.59 Å². The zero-order valence-electron chi connectivity index (χ0n) is 27.2. The molecule has 3 heterocycles. The van der Waals surface area contributed by atoms with E-state index >= 15 is 0 Å². The van der Waals surface area contributed by atoms with Crippen LogP contribution in [0.3, 0.4) is 0 Å². The van der Waals surface area contributed by atoms with Crippen molar-refractivity contribution in [1.29, 1.82) is 0 Å². The fourth-order valence-corrected chi connectivity index (χ4v) is 5.77. The van der Waals surface area contributed by atoms with Crippen molar-refractivity contribution in [1.82, 2.24) is 25.3 Å². The van der Waals surface area contributed by atoms with Crippen LogP contribution in [0.2, 0.25) is 0 Å². The van der Waals surface area contributed by atoms with Crippen LogP contribution < -0.4 is 15.5 Å². The van der Waals surface area contributed by atoms with Crippen LogP contribution in [0.5, 0.6) is 0 Å². The fourth-order valence-electron chi connectivity index (χ4n) is 5.42. The highest BCUT2D eigenvalue weighted by Gasteiger charge is 2.39. The van der Waals surface area contributed by atoms with Gasteiger partial charge in [0.25, 0.3) is 5.91 Å². The first-order valence-corrected chi connectivity index (χ1v) is 16.4. The SMILES string of the molecule is CC(C)(C)N(CCBr)C(=O)O.CC(C)(C)OC(=O)NCCN1CCN(c2ccc3c(c2)CN(C2CCC(=O)NC2=O)C3=O)CC1. The van der Waals surface area contributed by atoms with Crippen molar-refractivity contribution in [3.63, 3.8) is 0 Å². The van der Waals surface area contributed by atoms with E-state index in [4.69, 9.17) is 9.84 Å². The van der Waals surface area contributed by atoms with E-state index in [1.54, 1.807) is 4.90 Å². The molecule has 4 rings (SSSR count). The summed E-state index contributed by atoms with van der Waals surface area (Å²) in [6.07, 6.45) is -0.649. The molecule has 1 aromatic rings. The molecule has 1 aromatic carbocycles. The second-order valence-corrected chi connectivity index (χ2v) is 14.1. The van der Waals surface area contributed by atoms with E-state index < -0.39 is 29.7 Å². The Balaban J connectivity index is 0.000000430. The predicted molar refractivity (Wildman–Crippen MR) is 174 cm³/mol. The number of hydrogen-bond acceptors (Lipinski definition) is 8. The number of carbonyl (C=O) groups excluding carboxylic acids is 4. The predicted octanol–water partition coefficient (Wildman–Crippen LogP) is 3.25. The van der Waals surface area contributed by atoms with Crippen molar-refractivity contribution in [2.45, 2.75) is 78.1 Å². The number of alkyl halides is 1. The van der Waals surface area contributed by atoms with Gasteiger partial charge in [0.05, 0.1) is 0 Å². The van der Waals surface area contributed by atoms with Gasteiger partial charge in [0.2, 0.25) is 11.8 Å². The Morgan fingerprint density at radius 1 is 1.09 bits per heavy atom. The molecule has 5 amide bonds. The molecule has 1 atom stereocenters. The number of imide groups is 1. The van der Waals surface area contributed by atoms with Crippen molar-refractivity contribution in [3.8, 4) is 0 Å². The van der Waals surface area contributed by atoms with Crippen LogP contribution in [0.15, 0.2) is 18.2 Å². The molecule has 13 nitrogen and oxygen atoms in total. The van der Waals surface area contributed by atoms with Gasteiger partial charge in [-0.05, 0) is 71.7 Å². The molecule has 250 valence electrons. The zero-order valence-corrected chi connectivity index (χ0v) is 28.7. The second kappa shape index (κ2) is 15.3. The maximum atomic E-state index is 12.9. The Labute approximate surface area is 273 Å². The minimum absolute atomic E-state index is 0.154. The maximum absolute atomic E-state index is 12.9. The van der Waals surface area contributed by atoms with E-state index in [0.717, 1.165) is 44.0 Å². The molecule has 3 aliphatic rings. The molecule has 0 spiro atoms. The summed E-state index contributed by atoms with van der Waals surface area (Å²) >= 11 is 3.21. The maximum Gasteiger partial charge on any atom is 0.407 e. The van der Waals surface area contributed by atoms with Crippen LogP contribution in [-0.2, 0) is 20.9 Å². The molecule has 2 saturated heterocycles. The summed E-state index contributed by atoms with van der Waals surface area (Å²) in [5.41, 5.74) is 1.79. The Bertz CT molecular complexity index is 1250. The van der Waals surface area contributed by atoms with Crippen molar-refractivity contribution in [2.75, 3.05) is 56.0 Å². The summed E-state index contributed by atoms with van der Waals surface area (Å²) in [5, 5.41) is 14.6. The Morgan fingerprint density at radius 3 is 2.29 bits per heavy atom. The number of piperazine rings is 1. The molecule has 45 heavy (non-hydrogen) atoms. The van der Waals surface area contributed by atoms with Gasteiger partial charge in [-0.15, -0.1) is 0 Å². The summed E-state index contributed by atoms with van der Waals surface area (Å²) in [4.78, 5) is 66.6. The lowest BCUT2D eigenvalue weighted by molar-refractivity contribution is -0.136. The number of alkyl carbamates (subject to hydrolysis) is 1. The van der Waals surface area contributed by atoms with Gasteiger partial charge in [0, 0.05) is 80.9 Å². The summed E-state index contributed by atoms with van der Waals surface area (Å²) in [6.45, 7) is 16.8. The van der Waals surface area contributed by atoms with E-state index in [1.807, 2.05) is 59.7 Å². The molecule has 14 heteroatoms. The van der Waals surface area contributed by atoms with Gasteiger partial charge in [-0.3, -0.25) is 24.6 Å². The Hall–Kier alpha value is -3.39. The Kier molecular flexibility index (Phi) is 12.2. The third-order valence-corrected chi connectivity index (χ3v) is 8.04. The number of ether oxygens (including phenoxy) is 1. The van der Waals surface area contributed by atoms with Crippen LogP contribution in [0.4, 0.5) is 15.3 Å².